The fourth-order valence-corrected chi connectivity index (χ4v) is 5.20. The molecule has 1 aromatic carbocycles. The average Bonchev–Trinajstić information content (AvgIpc) is 2.92. The Morgan fingerprint density at radius 1 is 1.36 bits per heavy atom. The van der Waals surface area contributed by atoms with E-state index in [1.807, 2.05) is 11.0 Å². The maximum atomic E-state index is 12.3. The maximum Gasteiger partial charge on any atom is 0.338 e. The molecule has 1 N–H and O–H groups in total. The summed E-state index contributed by atoms with van der Waals surface area (Å²) in [6, 6.07) is 5.11. The molecular formula is C17H22N2O5S. The summed E-state index contributed by atoms with van der Waals surface area (Å²) in [5.74, 6) is -0.424. The second-order valence-electron chi connectivity index (χ2n) is 6.49. The van der Waals surface area contributed by atoms with Crippen molar-refractivity contribution < 1.29 is 22.7 Å². The molecule has 1 amide bonds. The minimum atomic E-state index is -3.02. The largest absolute Gasteiger partial charge is 0.465 e. The summed E-state index contributed by atoms with van der Waals surface area (Å²) in [5.41, 5.74) is 2.30. The molecule has 0 aliphatic carbocycles. The molecule has 136 valence electrons. The number of carbonyl (C=O) groups is 2. The van der Waals surface area contributed by atoms with E-state index in [0.717, 1.165) is 24.1 Å². The van der Waals surface area contributed by atoms with E-state index in [2.05, 4.69) is 5.32 Å². The van der Waals surface area contributed by atoms with E-state index in [1.165, 1.54) is 7.11 Å². The Kier molecular flexibility index (Phi) is 4.99. The Labute approximate surface area is 147 Å². The first kappa shape index (κ1) is 17.7. The van der Waals surface area contributed by atoms with Gasteiger partial charge in [-0.05, 0) is 37.0 Å². The van der Waals surface area contributed by atoms with Crippen LogP contribution in [0.15, 0.2) is 18.2 Å². The van der Waals surface area contributed by atoms with Crippen LogP contribution in [0, 0.1) is 0 Å². The lowest BCUT2D eigenvalue weighted by Gasteiger charge is -2.32. The summed E-state index contributed by atoms with van der Waals surface area (Å²) in [5, 5.41) is 2.81. The molecule has 0 bridgehead atoms. The summed E-state index contributed by atoms with van der Waals surface area (Å²) in [6.07, 6.45) is 2.07. The lowest BCUT2D eigenvalue weighted by atomic mass is 9.96. The van der Waals surface area contributed by atoms with E-state index in [4.69, 9.17) is 4.74 Å². The average molecular weight is 366 g/mol. The van der Waals surface area contributed by atoms with Gasteiger partial charge < -0.3 is 15.0 Å². The second kappa shape index (κ2) is 7.03. The third-order valence-electron chi connectivity index (χ3n) is 4.68. The highest BCUT2D eigenvalue weighted by atomic mass is 32.2. The number of sulfone groups is 1. The number of ether oxygens (including phenoxy) is 1. The summed E-state index contributed by atoms with van der Waals surface area (Å²) < 4.78 is 27.8. The van der Waals surface area contributed by atoms with Crippen molar-refractivity contribution in [2.45, 2.75) is 25.3 Å². The number of benzene rings is 1. The van der Waals surface area contributed by atoms with Crippen LogP contribution in [0.5, 0.6) is 0 Å². The zero-order valence-electron chi connectivity index (χ0n) is 14.2. The van der Waals surface area contributed by atoms with Crippen LogP contribution in [0.1, 0.15) is 28.8 Å². The van der Waals surface area contributed by atoms with Crippen molar-refractivity contribution in [2.75, 3.05) is 36.6 Å². The van der Waals surface area contributed by atoms with E-state index < -0.39 is 9.84 Å². The molecule has 1 saturated heterocycles. The van der Waals surface area contributed by atoms with Crippen molar-refractivity contribution in [3.05, 3.63) is 29.3 Å². The van der Waals surface area contributed by atoms with Crippen LogP contribution in [0.3, 0.4) is 0 Å². The standard InChI is InChI=1S/C17H22N2O5S/c1-24-17(21)14-4-2-6-15-13(14)5-3-8-19(15)10-16(20)18-12-7-9-25(22,23)11-12/h2,4,6,12H,3,5,7-11H2,1H3,(H,18,20). The minimum Gasteiger partial charge on any atom is -0.465 e. The van der Waals surface area contributed by atoms with Crippen LogP contribution in [0.2, 0.25) is 0 Å². The van der Waals surface area contributed by atoms with Gasteiger partial charge in [-0.2, -0.15) is 0 Å². The number of methoxy groups -OCH3 is 1. The molecular weight excluding hydrogens is 344 g/mol. The number of nitrogens with one attached hydrogen (secondary N) is 1. The van der Waals surface area contributed by atoms with Gasteiger partial charge in [-0.15, -0.1) is 0 Å². The molecule has 0 aromatic heterocycles. The smallest absolute Gasteiger partial charge is 0.338 e. The van der Waals surface area contributed by atoms with E-state index >= 15 is 0 Å². The number of nitrogens with zero attached hydrogens (tertiary/aromatic N) is 1. The van der Waals surface area contributed by atoms with Gasteiger partial charge >= 0.3 is 5.97 Å². The molecule has 2 heterocycles. The minimum absolute atomic E-state index is 0.0157. The van der Waals surface area contributed by atoms with E-state index in [0.29, 0.717) is 18.5 Å². The zero-order valence-corrected chi connectivity index (χ0v) is 15.0. The summed E-state index contributed by atoms with van der Waals surface area (Å²) in [4.78, 5) is 26.2. The first-order valence-corrected chi connectivity index (χ1v) is 10.2. The molecule has 1 atom stereocenters. The van der Waals surface area contributed by atoms with Crippen molar-refractivity contribution >= 4 is 27.4 Å². The number of amides is 1. The molecule has 3 rings (SSSR count). The highest BCUT2D eigenvalue weighted by Crippen LogP contribution is 2.30. The number of anilines is 1. The number of hydrogen-bond donors (Lipinski definition) is 1. The van der Waals surface area contributed by atoms with Crippen molar-refractivity contribution in [1.82, 2.24) is 5.32 Å². The molecule has 1 aromatic rings. The predicted octanol–water partition coefficient (Wildman–Crippen LogP) is 0.529. The van der Waals surface area contributed by atoms with Gasteiger partial charge in [-0.25, -0.2) is 13.2 Å². The molecule has 1 unspecified atom stereocenters. The van der Waals surface area contributed by atoms with Crippen molar-refractivity contribution in [1.29, 1.82) is 0 Å². The lowest BCUT2D eigenvalue weighted by molar-refractivity contribution is -0.120. The van der Waals surface area contributed by atoms with Gasteiger partial charge in [0.2, 0.25) is 5.91 Å². The predicted molar refractivity (Wildman–Crippen MR) is 93.5 cm³/mol. The van der Waals surface area contributed by atoms with Crippen molar-refractivity contribution in [3.63, 3.8) is 0 Å². The van der Waals surface area contributed by atoms with Crippen LogP contribution >= 0.6 is 0 Å². The first-order valence-electron chi connectivity index (χ1n) is 8.34. The highest BCUT2D eigenvalue weighted by Gasteiger charge is 2.30. The van der Waals surface area contributed by atoms with E-state index in [-0.39, 0.29) is 36.0 Å². The highest BCUT2D eigenvalue weighted by molar-refractivity contribution is 7.91. The van der Waals surface area contributed by atoms with Gasteiger partial charge in [0.15, 0.2) is 9.84 Å². The Balaban J connectivity index is 1.71. The number of hydrogen-bond acceptors (Lipinski definition) is 6. The Morgan fingerprint density at radius 3 is 2.84 bits per heavy atom. The quantitative estimate of drug-likeness (QED) is 0.782. The molecule has 25 heavy (non-hydrogen) atoms. The Hall–Kier alpha value is -2.09. The van der Waals surface area contributed by atoms with Crippen molar-refractivity contribution in [3.8, 4) is 0 Å². The summed E-state index contributed by atoms with van der Waals surface area (Å²) in [7, 11) is -1.67. The normalized spacial score (nSPS) is 21.5. The number of esters is 1. The molecule has 8 heteroatoms. The van der Waals surface area contributed by atoms with Crippen LogP contribution in [0.4, 0.5) is 5.69 Å². The third-order valence-corrected chi connectivity index (χ3v) is 6.45. The second-order valence-corrected chi connectivity index (χ2v) is 8.72. The van der Waals surface area contributed by atoms with Crippen LogP contribution in [-0.4, -0.2) is 58.0 Å². The van der Waals surface area contributed by atoms with Crippen LogP contribution in [0.25, 0.3) is 0 Å². The Morgan fingerprint density at radius 2 is 2.16 bits per heavy atom. The van der Waals surface area contributed by atoms with Gasteiger partial charge in [0, 0.05) is 18.3 Å². The number of carbonyl (C=O) groups excluding carboxylic acids is 2. The molecule has 2 aliphatic rings. The molecule has 0 spiro atoms. The Bertz CT molecular complexity index is 790. The number of fused-ring (bicyclic) bond motifs is 1. The fourth-order valence-electron chi connectivity index (χ4n) is 3.52. The summed E-state index contributed by atoms with van der Waals surface area (Å²) >= 11 is 0. The molecule has 7 nitrogen and oxygen atoms in total. The molecule has 0 saturated carbocycles. The monoisotopic (exact) mass is 366 g/mol. The fraction of sp³-hybridized carbons (Fsp3) is 0.529. The van der Waals surface area contributed by atoms with Crippen molar-refractivity contribution in [2.24, 2.45) is 0 Å². The summed E-state index contributed by atoms with van der Waals surface area (Å²) in [6.45, 7) is 0.863. The lowest BCUT2D eigenvalue weighted by Crippen LogP contribution is -2.44. The molecule has 1 fully saturated rings. The third kappa shape index (κ3) is 3.95. The molecule has 0 radical (unpaired) electrons. The zero-order chi connectivity index (χ0) is 18.0. The van der Waals surface area contributed by atoms with Gasteiger partial charge in [-0.1, -0.05) is 6.07 Å². The topological polar surface area (TPSA) is 92.8 Å². The number of rotatable bonds is 4. The van der Waals surface area contributed by atoms with Gasteiger partial charge in [-0.3, -0.25) is 4.79 Å². The van der Waals surface area contributed by atoms with Crippen LogP contribution < -0.4 is 10.2 Å². The van der Waals surface area contributed by atoms with Gasteiger partial charge in [0.1, 0.15) is 0 Å². The molecule has 2 aliphatic heterocycles. The van der Waals surface area contributed by atoms with Gasteiger partial charge in [0.25, 0.3) is 0 Å². The maximum absolute atomic E-state index is 12.3. The first-order chi connectivity index (χ1) is 11.9. The van der Waals surface area contributed by atoms with E-state index in [1.54, 1.807) is 12.1 Å². The SMILES string of the molecule is COC(=O)c1cccc2c1CCCN2CC(=O)NC1CCS(=O)(=O)C1. The van der Waals surface area contributed by atoms with Gasteiger partial charge in [0.05, 0.1) is 30.7 Å². The van der Waals surface area contributed by atoms with Crippen LogP contribution in [-0.2, 0) is 25.8 Å². The van der Waals surface area contributed by atoms with E-state index in [9.17, 15) is 18.0 Å².